The molecule has 5 heteroatoms. The predicted octanol–water partition coefficient (Wildman–Crippen LogP) is 1.51. The van der Waals surface area contributed by atoms with Crippen LogP contribution in [-0.4, -0.2) is 29.7 Å². The van der Waals surface area contributed by atoms with Crippen molar-refractivity contribution in [3.8, 4) is 0 Å². The summed E-state index contributed by atoms with van der Waals surface area (Å²) < 4.78 is 13.2. The van der Waals surface area contributed by atoms with E-state index in [9.17, 15) is 14.3 Å². The minimum Gasteiger partial charge on any atom is -0.389 e. The number of hydrogen-bond acceptors (Lipinski definition) is 3. The Kier molecular flexibility index (Phi) is 5.25. The fourth-order valence-electron chi connectivity index (χ4n) is 1.33. The number of aliphatic hydroxyl groups is 1. The van der Waals surface area contributed by atoms with Crippen LogP contribution in [-0.2, 0) is 4.79 Å². The van der Waals surface area contributed by atoms with E-state index in [2.05, 4.69) is 10.6 Å². The molecule has 1 amide bonds. The summed E-state index contributed by atoms with van der Waals surface area (Å²) >= 11 is 0. The predicted molar refractivity (Wildman–Crippen MR) is 68.8 cm³/mol. The number of anilines is 1. The minimum absolute atomic E-state index is 0.0322. The second-order valence-corrected chi connectivity index (χ2v) is 4.48. The Morgan fingerprint density at radius 3 is 2.72 bits per heavy atom. The number of carbonyl (C=O) groups is 1. The maximum atomic E-state index is 13.2. The number of halogens is 1. The zero-order valence-corrected chi connectivity index (χ0v) is 10.7. The molecular formula is C13H19FN2O2. The summed E-state index contributed by atoms with van der Waals surface area (Å²) in [6.07, 6.45) is 0.592. The van der Waals surface area contributed by atoms with Gasteiger partial charge in [0.2, 0.25) is 5.91 Å². The summed E-state index contributed by atoms with van der Waals surface area (Å²) in [6.45, 7) is 3.90. The molecule has 0 spiro atoms. The summed E-state index contributed by atoms with van der Waals surface area (Å²) in [5.74, 6) is -0.807. The van der Waals surface area contributed by atoms with Gasteiger partial charge in [-0.2, -0.15) is 0 Å². The second-order valence-electron chi connectivity index (χ2n) is 4.48. The quantitative estimate of drug-likeness (QED) is 0.721. The highest BCUT2D eigenvalue weighted by Gasteiger charge is 2.17. The lowest BCUT2D eigenvalue weighted by molar-refractivity contribution is -0.115. The molecule has 100 valence electrons. The van der Waals surface area contributed by atoms with Gasteiger partial charge in [-0.25, -0.2) is 4.39 Å². The van der Waals surface area contributed by atoms with Gasteiger partial charge in [0.15, 0.2) is 0 Å². The summed E-state index contributed by atoms with van der Waals surface area (Å²) in [7, 11) is 0. The lowest BCUT2D eigenvalue weighted by atomic mass is 10.0. The fourth-order valence-corrected chi connectivity index (χ4v) is 1.33. The van der Waals surface area contributed by atoms with Gasteiger partial charge in [0.1, 0.15) is 5.82 Å². The summed E-state index contributed by atoms with van der Waals surface area (Å²) in [4.78, 5) is 11.5. The van der Waals surface area contributed by atoms with Crippen LogP contribution in [0.15, 0.2) is 24.3 Å². The van der Waals surface area contributed by atoms with Crippen LogP contribution in [0, 0.1) is 5.82 Å². The number of hydrogen-bond donors (Lipinski definition) is 3. The van der Waals surface area contributed by atoms with Gasteiger partial charge in [-0.15, -0.1) is 0 Å². The molecule has 1 unspecified atom stereocenters. The van der Waals surface area contributed by atoms with E-state index in [1.165, 1.54) is 12.1 Å². The first-order chi connectivity index (χ1) is 8.44. The third-order valence-electron chi connectivity index (χ3n) is 2.70. The molecule has 0 radical (unpaired) electrons. The number of carbonyl (C=O) groups excluding carboxylic acids is 1. The normalized spacial score (nSPS) is 14.0. The van der Waals surface area contributed by atoms with Crippen LogP contribution in [0.5, 0.6) is 0 Å². The standard InChI is InChI=1S/C13H19FN2O2/c1-3-13(2,18)9-15-8-12(17)16-11-7-5-4-6-10(11)14/h4-7,15,18H,3,8-9H2,1-2H3,(H,16,17). The van der Waals surface area contributed by atoms with E-state index in [0.717, 1.165) is 0 Å². The van der Waals surface area contributed by atoms with E-state index in [1.807, 2.05) is 6.92 Å². The second kappa shape index (κ2) is 6.47. The van der Waals surface area contributed by atoms with Gasteiger partial charge in [-0.05, 0) is 25.5 Å². The molecule has 0 heterocycles. The van der Waals surface area contributed by atoms with Gasteiger partial charge in [0.25, 0.3) is 0 Å². The summed E-state index contributed by atoms with van der Waals surface area (Å²) in [6, 6.07) is 5.98. The van der Waals surface area contributed by atoms with Crippen molar-refractivity contribution < 1.29 is 14.3 Å². The van der Waals surface area contributed by atoms with E-state index in [1.54, 1.807) is 19.1 Å². The molecule has 0 aliphatic heterocycles. The lowest BCUT2D eigenvalue weighted by Gasteiger charge is -2.21. The van der Waals surface area contributed by atoms with Crippen LogP contribution in [0.25, 0.3) is 0 Å². The fraction of sp³-hybridized carbons (Fsp3) is 0.462. The number of benzene rings is 1. The SMILES string of the molecule is CCC(C)(O)CNCC(=O)Nc1ccccc1F. The zero-order valence-electron chi connectivity index (χ0n) is 10.7. The molecule has 1 rings (SSSR count). The molecule has 1 aromatic carbocycles. The van der Waals surface area contributed by atoms with Crippen molar-refractivity contribution in [2.45, 2.75) is 25.9 Å². The highest BCUT2D eigenvalue weighted by molar-refractivity contribution is 5.92. The van der Waals surface area contributed by atoms with Crippen molar-refractivity contribution in [2.75, 3.05) is 18.4 Å². The van der Waals surface area contributed by atoms with E-state index < -0.39 is 11.4 Å². The molecule has 4 nitrogen and oxygen atoms in total. The topological polar surface area (TPSA) is 61.4 Å². The van der Waals surface area contributed by atoms with Crippen LogP contribution in [0.1, 0.15) is 20.3 Å². The smallest absolute Gasteiger partial charge is 0.238 e. The average molecular weight is 254 g/mol. The van der Waals surface area contributed by atoms with Crippen molar-refractivity contribution in [1.82, 2.24) is 5.32 Å². The van der Waals surface area contributed by atoms with E-state index in [0.29, 0.717) is 13.0 Å². The Hall–Kier alpha value is -1.46. The maximum absolute atomic E-state index is 13.2. The van der Waals surface area contributed by atoms with Crippen molar-refractivity contribution >= 4 is 11.6 Å². The Labute approximate surface area is 106 Å². The van der Waals surface area contributed by atoms with E-state index >= 15 is 0 Å². The third-order valence-corrected chi connectivity index (χ3v) is 2.70. The first-order valence-electron chi connectivity index (χ1n) is 5.92. The van der Waals surface area contributed by atoms with Crippen LogP contribution in [0.2, 0.25) is 0 Å². The van der Waals surface area contributed by atoms with Gasteiger partial charge in [-0.1, -0.05) is 19.1 Å². The maximum Gasteiger partial charge on any atom is 0.238 e. The third kappa shape index (κ3) is 4.81. The highest BCUT2D eigenvalue weighted by Crippen LogP contribution is 2.11. The number of amides is 1. The van der Waals surface area contributed by atoms with Gasteiger partial charge < -0.3 is 15.7 Å². The number of para-hydroxylation sites is 1. The van der Waals surface area contributed by atoms with E-state index in [4.69, 9.17) is 0 Å². The molecule has 0 aromatic heterocycles. The molecule has 0 fully saturated rings. The molecule has 18 heavy (non-hydrogen) atoms. The monoisotopic (exact) mass is 254 g/mol. The first kappa shape index (κ1) is 14.6. The molecule has 0 saturated carbocycles. The van der Waals surface area contributed by atoms with Crippen LogP contribution in [0.4, 0.5) is 10.1 Å². The minimum atomic E-state index is -0.835. The zero-order chi connectivity index (χ0) is 13.6. The Bertz CT molecular complexity index is 408. The molecule has 1 aromatic rings. The van der Waals surface area contributed by atoms with Crippen molar-refractivity contribution in [1.29, 1.82) is 0 Å². The molecule has 1 atom stereocenters. The van der Waals surface area contributed by atoms with Crippen LogP contribution in [0.3, 0.4) is 0 Å². The summed E-state index contributed by atoms with van der Waals surface area (Å²) in [5, 5.41) is 15.0. The van der Waals surface area contributed by atoms with Gasteiger partial charge in [0.05, 0.1) is 17.8 Å². The van der Waals surface area contributed by atoms with Gasteiger partial charge >= 0.3 is 0 Å². The Morgan fingerprint density at radius 1 is 1.44 bits per heavy atom. The molecule has 0 aliphatic rings. The lowest BCUT2D eigenvalue weighted by Crippen LogP contribution is -2.40. The van der Waals surface area contributed by atoms with E-state index in [-0.39, 0.29) is 18.1 Å². The number of rotatable bonds is 6. The van der Waals surface area contributed by atoms with Gasteiger partial charge in [-0.3, -0.25) is 4.79 Å². The van der Waals surface area contributed by atoms with Crippen molar-refractivity contribution in [3.63, 3.8) is 0 Å². The van der Waals surface area contributed by atoms with Crippen molar-refractivity contribution in [2.24, 2.45) is 0 Å². The average Bonchev–Trinajstić information content (AvgIpc) is 2.32. The Morgan fingerprint density at radius 2 is 2.11 bits per heavy atom. The molecule has 0 saturated heterocycles. The molecule has 3 N–H and O–H groups in total. The molecular weight excluding hydrogens is 235 g/mol. The molecule has 0 bridgehead atoms. The Balaban J connectivity index is 2.37. The first-order valence-corrected chi connectivity index (χ1v) is 5.92. The summed E-state index contributed by atoms with van der Waals surface area (Å²) in [5.41, 5.74) is -0.676. The largest absolute Gasteiger partial charge is 0.389 e. The van der Waals surface area contributed by atoms with Crippen LogP contribution < -0.4 is 10.6 Å². The number of nitrogens with one attached hydrogen (secondary N) is 2. The van der Waals surface area contributed by atoms with Crippen molar-refractivity contribution in [3.05, 3.63) is 30.1 Å². The molecule has 0 aliphatic carbocycles. The van der Waals surface area contributed by atoms with Crippen LogP contribution >= 0.6 is 0 Å². The highest BCUT2D eigenvalue weighted by atomic mass is 19.1. The van der Waals surface area contributed by atoms with Gasteiger partial charge in [0, 0.05) is 6.54 Å².